The Kier molecular flexibility index (Phi) is 5.31. The summed E-state index contributed by atoms with van der Waals surface area (Å²) in [5.74, 6) is 0.299. The lowest BCUT2D eigenvalue weighted by atomic mass is 9.92. The highest BCUT2D eigenvalue weighted by Gasteiger charge is 2.25. The Morgan fingerprint density at radius 1 is 1.30 bits per heavy atom. The summed E-state index contributed by atoms with van der Waals surface area (Å²) in [5, 5.41) is 13.3. The van der Waals surface area contributed by atoms with Crippen molar-refractivity contribution in [2.75, 3.05) is 19.6 Å². The zero-order chi connectivity index (χ0) is 17.0. The van der Waals surface area contributed by atoms with Crippen LogP contribution in [0.1, 0.15) is 30.6 Å². The number of nitro benzene ring substituents is 1. The molecular weight excluding hydrogens is 298 g/mol. The van der Waals surface area contributed by atoms with E-state index < -0.39 is 10.8 Å². The normalized spacial score (nSPS) is 20.9. The van der Waals surface area contributed by atoms with E-state index >= 15 is 0 Å². The molecule has 1 heterocycles. The van der Waals surface area contributed by atoms with Crippen LogP contribution in [-0.2, 0) is 4.79 Å². The molecule has 0 spiro atoms. The van der Waals surface area contributed by atoms with E-state index in [9.17, 15) is 19.7 Å². The van der Waals surface area contributed by atoms with Gasteiger partial charge in [-0.05, 0) is 24.3 Å². The SMILES string of the molecule is C[C@@H]1C[C@@H](C)CN(C(=O)CNC(=O)c2cccc([N+](=O)[O-])c2)C1. The number of piperidine rings is 1. The molecule has 1 fully saturated rings. The molecule has 1 aliphatic rings. The van der Waals surface area contributed by atoms with Crippen molar-refractivity contribution in [3.63, 3.8) is 0 Å². The van der Waals surface area contributed by atoms with Gasteiger partial charge in [0.2, 0.25) is 5.91 Å². The minimum absolute atomic E-state index is 0.0963. The van der Waals surface area contributed by atoms with Crippen LogP contribution in [0.15, 0.2) is 24.3 Å². The van der Waals surface area contributed by atoms with Crippen LogP contribution < -0.4 is 5.32 Å². The number of benzene rings is 1. The molecule has 2 rings (SSSR count). The standard InChI is InChI=1S/C16H21N3O4/c1-11-6-12(2)10-18(9-11)15(20)8-17-16(21)13-4-3-5-14(7-13)19(22)23/h3-5,7,11-12H,6,8-10H2,1-2H3,(H,17,21)/t11-,12-/m1/s1. The number of carbonyl (C=O) groups excluding carboxylic acids is 2. The molecule has 7 heteroatoms. The predicted octanol–water partition coefficient (Wildman–Crippen LogP) is 1.83. The topological polar surface area (TPSA) is 92.6 Å². The van der Waals surface area contributed by atoms with Gasteiger partial charge in [0, 0.05) is 30.8 Å². The van der Waals surface area contributed by atoms with Gasteiger partial charge >= 0.3 is 0 Å². The minimum atomic E-state index is -0.557. The molecule has 1 aromatic carbocycles. The fourth-order valence-corrected chi connectivity index (χ4v) is 3.00. The van der Waals surface area contributed by atoms with E-state index in [0.29, 0.717) is 24.9 Å². The van der Waals surface area contributed by atoms with Crippen molar-refractivity contribution >= 4 is 17.5 Å². The Morgan fingerprint density at radius 2 is 1.96 bits per heavy atom. The molecule has 1 aromatic rings. The quantitative estimate of drug-likeness (QED) is 0.677. The molecule has 0 bridgehead atoms. The Morgan fingerprint density at radius 3 is 2.57 bits per heavy atom. The number of nitrogens with one attached hydrogen (secondary N) is 1. The zero-order valence-electron chi connectivity index (χ0n) is 13.3. The van der Waals surface area contributed by atoms with Crippen molar-refractivity contribution in [1.29, 1.82) is 0 Å². The first-order valence-corrected chi connectivity index (χ1v) is 7.67. The average Bonchev–Trinajstić information content (AvgIpc) is 2.51. The third-order valence-electron chi connectivity index (χ3n) is 3.94. The summed E-state index contributed by atoms with van der Waals surface area (Å²) < 4.78 is 0. The molecule has 0 aliphatic carbocycles. The fraction of sp³-hybridized carbons (Fsp3) is 0.500. The smallest absolute Gasteiger partial charge is 0.270 e. The Balaban J connectivity index is 1.92. The lowest BCUT2D eigenvalue weighted by molar-refractivity contribution is -0.384. The van der Waals surface area contributed by atoms with Crippen LogP contribution in [0.4, 0.5) is 5.69 Å². The van der Waals surface area contributed by atoms with E-state index in [-0.39, 0.29) is 23.7 Å². The van der Waals surface area contributed by atoms with Gasteiger partial charge in [0.05, 0.1) is 11.5 Å². The second kappa shape index (κ2) is 7.21. The Bertz CT molecular complexity index is 607. The van der Waals surface area contributed by atoms with Crippen LogP contribution in [0.5, 0.6) is 0 Å². The van der Waals surface area contributed by atoms with Crippen LogP contribution >= 0.6 is 0 Å². The lowest BCUT2D eigenvalue weighted by Crippen LogP contribution is -2.46. The molecule has 1 N–H and O–H groups in total. The summed E-state index contributed by atoms with van der Waals surface area (Å²) in [6, 6.07) is 5.45. The first-order chi connectivity index (χ1) is 10.9. The van der Waals surface area contributed by atoms with E-state index in [1.165, 1.54) is 24.3 Å². The first kappa shape index (κ1) is 16.9. The largest absolute Gasteiger partial charge is 0.343 e. The molecule has 1 saturated heterocycles. The number of rotatable bonds is 4. The van der Waals surface area contributed by atoms with Crippen LogP contribution in [0.3, 0.4) is 0 Å². The molecule has 1 aliphatic heterocycles. The molecule has 0 saturated carbocycles. The Labute approximate surface area is 134 Å². The number of nitro groups is 1. The van der Waals surface area contributed by atoms with Crippen LogP contribution in [0, 0.1) is 22.0 Å². The van der Waals surface area contributed by atoms with Crippen molar-refractivity contribution in [3.8, 4) is 0 Å². The molecule has 7 nitrogen and oxygen atoms in total. The second-order valence-corrected chi connectivity index (χ2v) is 6.23. The van der Waals surface area contributed by atoms with Gasteiger partial charge in [0.25, 0.3) is 11.6 Å². The van der Waals surface area contributed by atoms with E-state index in [0.717, 1.165) is 6.42 Å². The monoisotopic (exact) mass is 319 g/mol. The summed E-state index contributed by atoms with van der Waals surface area (Å²) in [6.07, 6.45) is 1.10. The minimum Gasteiger partial charge on any atom is -0.343 e. The van der Waals surface area contributed by atoms with Gasteiger partial charge in [-0.1, -0.05) is 19.9 Å². The molecule has 0 aromatic heterocycles. The molecular formula is C16H21N3O4. The highest BCUT2D eigenvalue weighted by Crippen LogP contribution is 2.20. The lowest BCUT2D eigenvalue weighted by Gasteiger charge is -2.35. The van der Waals surface area contributed by atoms with Gasteiger partial charge in [-0.25, -0.2) is 0 Å². The summed E-state index contributed by atoms with van der Waals surface area (Å²) in [4.78, 5) is 36.2. The maximum Gasteiger partial charge on any atom is 0.270 e. The Hall–Kier alpha value is -2.44. The number of likely N-dealkylation sites (tertiary alicyclic amines) is 1. The molecule has 0 unspecified atom stereocenters. The van der Waals surface area contributed by atoms with Crippen molar-refractivity contribution in [1.82, 2.24) is 10.2 Å². The maximum absolute atomic E-state index is 12.2. The molecule has 2 atom stereocenters. The summed E-state index contributed by atoms with van der Waals surface area (Å²) >= 11 is 0. The van der Waals surface area contributed by atoms with Gasteiger partial charge in [-0.15, -0.1) is 0 Å². The predicted molar refractivity (Wildman–Crippen MR) is 85.0 cm³/mol. The van der Waals surface area contributed by atoms with Crippen LogP contribution in [0.2, 0.25) is 0 Å². The second-order valence-electron chi connectivity index (χ2n) is 6.23. The van der Waals surface area contributed by atoms with Gasteiger partial charge in [0.1, 0.15) is 0 Å². The number of nitrogens with zero attached hydrogens (tertiary/aromatic N) is 2. The average molecular weight is 319 g/mol. The molecule has 124 valence electrons. The number of hydrogen-bond donors (Lipinski definition) is 1. The zero-order valence-corrected chi connectivity index (χ0v) is 13.3. The van der Waals surface area contributed by atoms with Crippen LogP contribution in [-0.4, -0.2) is 41.3 Å². The van der Waals surface area contributed by atoms with Crippen LogP contribution in [0.25, 0.3) is 0 Å². The van der Waals surface area contributed by atoms with Gasteiger partial charge in [0.15, 0.2) is 0 Å². The van der Waals surface area contributed by atoms with Gasteiger partial charge in [-0.3, -0.25) is 19.7 Å². The van der Waals surface area contributed by atoms with Gasteiger partial charge in [-0.2, -0.15) is 0 Å². The van der Waals surface area contributed by atoms with E-state index in [2.05, 4.69) is 19.2 Å². The highest BCUT2D eigenvalue weighted by molar-refractivity contribution is 5.96. The van der Waals surface area contributed by atoms with E-state index in [1.54, 1.807) is 4.90 Å². The number of hydrogen-bond acceptors (Lipinski definition) is 4. The van der Waals surface area contributed by atoms with E-state index in [4.69, 9.17) is 0 Å². The number of amides is 2. The number of non-ortho nitro benzene ring substituents is 1. The fourth-order valence-electron chi connectivity index (χ4n) is 3.00. The van der Waals surface area contributed by atoms with E-state index in [1.807, 2.05) is 0 Å². The number of carbonyl (C=O) groups is 2. The molecule has 2 amide bonds. The third-order valence-corrected chi connectivity index (χ3v) is 3.94. The van der Waals surface area contributed by atoms with Crippen molar-refractivity contribution in [2.45, 2.75) is 20.3 Å². The summed E-state index contributed by atoms with van der Waals surface area (Å²) in [6.45, 7) is 5.53. The summed E-state index contributed by atoms with van der Waals surface area (Å²) in [5.41, 5.74) is 0.0232. The molecule has 0 radical (unpaired) electrons. The summed E-state index contributed by atoms with van der Waals surface area (Å²) in [7, 11) is 0. The third kappa shape index (κ3) is 4.51. The first-order valence-electron chi connectivity index (χ1n) is 7.67. The highest BCUT2D eigenvalue weighted by atomic mass is 16.6. The van der Waals surface area contributed by atoms with Gasteiger partial charge < -0.3 is 10.2 Å². The van der Waals surface area contributed by atoms with Crippen molar-refractivity contribution < 1.29 is 14.5 Å². The van der Waals surface area contributed by atoms with Crippen molar-refractivity contribution in [2.24, 2.45) is 11.8 Å². The van der Waals surface area contributed by atoms with Crippen molar-refractivity contribution in [3.05, 3.63) is 39.9 Å². The maximum atomic E-state index is 12.2. The molecule has 23 heavy (non-hydrogen) atoms.